The molecule has 0 atom stereocenters. The van der Waals surface area contributed by atoms with Gasteiger partial charge in [0.25, 0.3) is 0 Å². The summed E-state index contributed by atoms with van der Waals surface area (Å²) in [5.41, 5.74) is 0.254. The van der Waals surface area contributed by atoms with Crippen LogP contribution in [0, 0.1) is 5.41 Å². The normalized spacial score (nSPS) is 11.6. The lowest BCUT2D eigenvalue weighted by molar-refractivity contribution is -0.121. The Labute approximate surface area is 124 Å². The lowest BCUT2D eigenvalue weighted by atomic mass is 9.88. The first-order valence-corrected chi connectivity index (χ1v) is 7.94. The van der Waals surface area contributed by atoms with Gasteiger partial charge in [-0.05, 0) is 18.3 Å². The van der Waals surface area contributed by atoms with Crippen LogP contribution in [-0.4, -0.2) is 38.9 Å². The molecule has 0 aliphatic rings. The van der Waals surface area contributed by atoms with Crippen molar-refractivity contribution in [3.63, 3.8) is 0 Å². The van der Waals surface area contributed by atoms with E-state index < -0.39 is 0 Å². The van der Waals surface area contributed by atoms with Crippen molar-refractivity contribution < 1.29 is 14.3 Å². The SMILES string of the molecule is CCCCC(C)(C)COCCOCCNC(=O)CCC. The van der Waals surface area contributed by atoms with Crippen LogP contribution in [0.5, 0.6) is 0 Å². The number of nitrogens with one attached hydrogen (secondary N) is 1. The van der Waals surface area contributed by atoms with Crippen molar-refractivity contribution in [2.45, 2.75) is 59.8 Å². The van der Waals surface area contributed by atoms with Gasteiger partial charge in [-0.25, -0.2) is 0 Å². The van der Waals surface area contributed by atoms with Crippen LogP contribution in [0.4, 0.5) is 0 Å². The number of carbonyl (C=O) groups excluding carboxylic acids is 1. The van der Waals surface area contributed by atoms with Crippen molar-refractivity contribution in [1.82, 2.24) is 5.32 Å². The molecular weight excluding hydrogens is 254 g/mol. The number of amides is 1. The maximum Gasteiger partial charge on any atom is 0.220 e. The highest BCUT2D eigenvalue weighted by molar-refractivity contribution is 5.75. The number of unbranched alkanes of at least 4 members (excludes halogenated alkanes) is 1. The molecule has 0 aromatic rings. The lowest BCUT2D eigenvalue weighted by Gasteiger charge is -2.24. The molecule has 0 heterocycles. The Morgan fingerprint density at radius 1 is 1.05 bits per heavy atom. The summed E-state index contributed by atoms with van der Waals surface area (Å²) in [5.74, 6) is 0.102. The number of hydrogen-bond donors (Lipinski definition) is 1. The van der Waals surface area contributed by atoms with Crippen molar-refractivity contribution in [2.75, 3.05) is 33.0 Å². The fourth-order valence-electron chi connectivity index (χ4n) is 1.87. The number of ether oxygens (including phenoxy) is 2. The highest BCUT2D eigenvalue weighted by Crippen LogP contribution is 2.23. The third-order valence-corrected chi connectivity index (χ3v) is 3.12. The molecule has 0 aromatic heterocycles. The van der Waals surface area contributed by atoms with E-state index in [9.17, 15) is 4.79 Å². The van der Waals surface area contributed by atoms with Crippen molar-refractivity contribution in [3.05, 3.63) is 0 Å². The predicted molar refractivity (Wildman–Crippen MR) is 82.9 cm³/mol. The molecule has 0 rings (SSSR count). The molecule has 4 heteroatoms. The lowest BCUT2D eigenvalue weighted by Crippen LogP contribution is -2.27. The second-order valence-electron chi connectivity index (χ2n) is 6.03. The summed E-state index contributed by atoms with van der Waals surface area (Å²) < 4.78 is 11.1. The zero-order valence-electron chi connectivity index (χ0n) is 13.8. The first-order valence-electron chi connectivity index (χ1n) is 7.94. The minimum absolute atomic E-state index is 0.102. The molecule has 0 aliphatic heterocycles. The van der Waals surface area contributed by atoms with E-state index >= 15 is 0 Å². The first-order chi connectivity index (χ1) is 9.52. The van der Waals surface area contributed by atoms with E-state index in [0.717, 1.165) is 13.0 Å². The van der Waals surface area contributed by atoms with Gasteiger partial charge in [0.2, 0.25) is 5.91 Å². The molecule has 0 spiro atoms. The third-order valence-electron chi connectivity index (χ3n) is 3.12. The van der Waals surface area contributed by atoms with Crippen LogP contribution in [0.25, 0.3) is 0 Å². The van der Waals surface area contributed by atoms with Gasteiger partial charge in [0.1, 0.15) is 0 Å². The Bertz CT molecular complexity index is 242. The summed E-state index contributed by atoms with van der Waals surface area (Å²) in [6.07, 6.45) is 5.17. The molecule has 0 radical (unpaired) electrons. The van der Waals surface area contributed by atoms with Crippen LogP contribution in [0.2, 0.25) is 0 Å². The largest absolute Gasteiger partial charge is 0.379 e. The van der Waals surface area contributed by atoms with Gasteiger partial charge in [-0.3, -0.25) is 4.79 Å². The van der Waals surface area contributed by atoms with Crippen molar-refractivity contribution >= 4 is 5.91 Å². The molecule has 120 valence electrons. The van der Waals surface area contributed by atoms with Crippen LogP contribution < -0.4 is 5.32 Å². The standard InChI is InChI=1S/C16H33NO3/c1-5-7-9-16(3,4)14-20-13-12-19-11-10-17-15(18)8-6-2/h5-14H2,1-4H3,(H,17,18). The van der Waals surface area contributed by atoms with Gasteiger partial charge in [0, 0.05) is 13.0 Å². The van der Waals surface area contributed by atoms with E-state index in [1.54, 1.807) is 0 Å². The van der Waals surface area contributed by atoms with Crippen LogP contribution in [-0.2, 0) is 14.3 Å². The van der Waals surface area contributed by atoms with Gasteiger partial charge in [-0.15, -0.1) is 0 Å². The highest BCUT2D eigenvalue weighted by Gasteiger charge is 2.16. The molecule has 0 saturated heterocycles. The molecule has 0 aliphatic carbocycles. The quantitative estimate of drug-likeness (QED) is 0.529. The zero-order valence-corrected chi connectivity index (χ0v) is 13.8. The molecule has 0 aromatic carbocycles. The van der Waals surface area contributed by atoms with Crippen LogP contribution in [0.1, 0.15) is 59.8 Å². The molecule has 20 heavy (non-hydrogen) atoms. The van der Waals surface area contributed by atoms with Gasteiger partial charge in [0.05, 0.1) is 26.4 Å². The fraction of sp³-hybridized carbons (Fsp3) is 0.938. The van der Waals surface area contributed by atoms with E-state index in [4.69, 9.17) is 9.47 Å². The molecule has 1 amide bonds. The monoisotopic (exact) mass is 287 g/mol. The molecule has 0 unspecified atom stereocenters. The second kappa shape index (κ2) is 12.2. The Balaban J connectivity index is 3.34. The smallest absolute Gasteiger partial charge is 0.220 e. The molecule has 4 nitrogen and oxygen atoms in total. The minimum Gasteiger partial charge on any atom is -0.379 e. The van der Waals surface area contributed by atoms with Crippen LogP contribution in [0.3, 0.4) is 0 Å². The summed E-state index contributed by atoms with van der Waals surface area (Å²) in [6.45, 7) is 11.8. The maximum atomic E-state index is 11.2. The van der Waals surface area contributed by atoms with Crippen molar-refractivity contribution in [1.29, 1.82) is 0 Å². The van der Waals surface area contributed by atoms with E-state index in [-0.39, 0.29) is 11.3 Å². The first kappa shape index (κ1) is 19.4. The molecular formula is C16H33NO3. The zero-order chi connectivity index (χ0) is 15.3. The average Bonchev–Trinajstić information content (AvgIpc) is 2.40. The summed E-state index contributed by atoms with van der Waals surface area (Å²) in [4.78, 5) is 11.2. The van der Waals surface area contributed by atoms with Crippen LogP contribution in [0.15, 0.2) is 0 Å². The topological polar surface area (TPSA) is 47.6 Å². The van der Waals surface area contributed by atoms with Gasteiger partial charge >= 0.3 is 0 Å². The number of rotatable bonds is 13. The highest BCUT2D eigenvalue weighted by atomic mass is 16.5. The Kier molecular flexibility index (Phi) is 11.8. The summed E-state index contributed by atoms with van der Waals surface area (Å²) in [5, 5.41) is 2.82. The molecule has 1 N–H and O–H groups in total. The van der Waals surface area contributed by atoms with E-state index in [2.05, 4.69) is 26.1 Å². The van der Waals surface area contributed by atoms with Crippen molar-refractivity contribution in [3.8, 4) is 0 Å². The molecule has 0 fully saturated rings. The van der Waals surface area contributed by atoms with E-state index in [1.807, 2.05) is 6.92 Å². The summed E-state index contributed by atoms with van der Waals surface area (Å²) in [6, 6.07) is 0. The third kappa shape index (κ3) is 12.4. The van der Waals surface area contributed by atoms with Gasteiger partial charge < -0.3 is 14.8 Å². The minimum atomic E-state index is 0.102. The Morgan fingerprint density at radius 2 is 1.75 bits per heavy atom. The molecule has 0 bridgehead atoms. The van der Waals surface area contributed by atoms with Crippen molar-refractivity contribution in [2.24, 2.45) is 5.41 Å². The average molecular weight is 287 g/mol. The Morgan fingerprint density at radius 3 is 2.40 bits per heavy atom. The maximum absolute atomic E-state index is 11.2. The van der Waals surface area contributed by atoms with Gasteiger partial charge in [0.15, 0.2) is 0 Å². The van der Waals surface area contributed by atoms with Crippen LogP contribution >= 0.6 is 0 Å². The second-order valence-corrected chi connectivity index (χ2v) is 6.03. The van der Waals surface area contributed by atoms with Gasteiger partial charge in [-0.1, -0.05) is 40.5 Å². The Hall–Kier alpha value is -0.610. The molecule has 0 saturated carbocycles. The predicted octanol–water partition coefficient (Wildman–Crippen LogP) is 3.15. The fourth-order valence-corrected chi connectivity index (χ4v) is 1.87. The van der Waals surface area contributed by atoms with Gasteiger partial charge in [-0.2, -0.15) is 0 Å². The summed E-state index contributed by atoms with van der Waals surface area (Å²) in [7, 11) is 0. The number of hydrogen-bond acceptors (Lipinski definition) is 3. The number of carbonyl (C=O) groups is 1. The van der Waals surface area contributed by atoms with E-state index in [0.29, 0.717) is 32.8 Å². The summed E-state index contributed by atoms with van der Waals surface area (Å²) >= 11 is 0. The van der Waals surface area contributed by atoms with E-state index in [1.165, 1.54) is 19.3 Å².